The third kappa shape index (κ3) is 2.36. The molecule has 0 saturated heterocycles. The molecule has 2 aliphatic heterocycles. The lowest BCUT2D eigenvalue weighted by Gasteiger charge is -2.35. The van der Waals surface area contributed by atoms with E-state index in [1.54, 1.807) is 0 Å². The van der Waals surface area contributed by atoms with Crippen LogP contribution in [0.4, 0.5) is 0 Å². The van der Waals surface area contributed by atoms with E-state index in [9.17, 15) is 0 Å². The predicted octanol–water partition coefficient (Wildman–Crippen LogP) is 3.51. The molecular formula is C14H18BrNO2S. The van der Waals surface area contributed by atoms with Crippen molar-refractivity contribution in [2.75, 3.05) is 19.8 Å². The predicted molar refractivity (Wildman–Crippen MR) is 82.3 cm³/mol. The van der Waals surface area contributed by atoms with Crippen LogP contribution >= 0.6 is 27.7 Å². The molecule has 104 valence electrons. The molecule has 0 bridgehead atoms. The van der Waals surface area contributed by atoms with Crippen LogP contribution in [-0.2, 0) is 5.75 Å². The summed E-state index contributed by atoms with van der Waals surface area (Å²) in [7, 11) is 0. The Kier molecular flexibility index (Phi) is 3.96. The summed E-state index contributed by atoms with van der Waals surface area (Å²) in [6.45, 7) is 6.65. The van der Waals surface area contributed by atoms with Gasteiger partial charge in [-0.15, -0.1) is 0 Å². The van der Waals surface area contributed by atoms with Gasteiger partial charge in [0.05, 0.1) is 0 Å². The van der Waals surface area contributed by atoms with Crippen LogP contribution in [0.5, 0.6) is 11.5 Å². The van der Waals surface area contributed by atoms with Gasteiger partial charge in [-0.05, 0) is 18.2 Å². The van der Waals surface area contributed by atoms with Gasteiger partial charge in [-0.1, -0.05) is 29.8 Å². The number of thioether (sulfide) groups is 1. The van der Waals surface area contributed by atoms with Crippen LogP contribution in [0.25, 0.3) is 0 Å². The fourth-order valence-electron chi connectivity index (χ4n) is 2.73. The molecule has 0 spiro atoms. The van der Waals surface area contributed by atoms with Gasteiger partial charge in [0.25, 0.3) is 0 Å². The van der Waals surface area contributed by atoms with Crippen LogP contribution in [0.3, 0.4) is 0 Å². The van der Waals surface area contributed by atoms with Gasteiger partial charge in [0.15, 0.2) is 11.5 Å². The molecule has 1 N–H and O–H groups in total. The molecule has 0 fully saturated rings. The highest BCUT2D eigenvalue weighted by Crippen LogP contribution is 2.49. The molecule has 2 atom stereocenters. The average molecular weight is 344 g/mol. The Morgan fingerprint density at radius 2 is 2.21 bits per heavy atom. The molecule has 2 heterocycles. The van der Waals surface area contributed by atoms with E-state index in [4.69, 9.17) is 9.47 Å². The highest BCUT2D eigenvalue weighted by molar-refractivity contribution is 9.10. The van der Waals surface area contributed by atoms with Crippen LogP contribution in [0.1, 0.15) is 31.0 Å². The van der Waals surface area contributed by atoms with Crippen LogP contribution in [0.2, 0.25) is 0 Å². The van der Waals surface area contributed by atoms with E-state index in [0.717, 1.165) is 28.3 Å². The van der Waals surface area contributed by atoms with Crippen LogP contribution in [0, 0.1) is 0 Å². The van der Waals surface area contributed by atoms with Gasteiger partial charge in [0.2, 0.25) is 0 Å². The Bertz CT molecular complexity index is 495. The van der Waals surface area contributed by atoms with Crippen molar-refractivity contribution in [3.8, 4) is 11.5 Å². The largest absolute Gasteiger partial charge is 0.486 e. The normalized spacial score (nSPS) is 25.0. The molecule has 2 unspecified atom stereocenters. The van der Waals surface area contributed by atoms with Crippen LogP contribution in [-0.4, -0.2) is 25.0 Å². The minimum Gasteiger partial charge on any atom is -0.486 e. The molecule has 0 aromatic heterocycles. The summed E-state index contributed by atoms with van der Waals surface area (Å²) in [5.74, 6) is 2.84. The molecule has 2 aliphatic rings. The van der Waals surface area contributed by atoms with Gasteiger partial charge in [0, 0.05) is 27.1 Å². The van der Waals surface area contributed by atoms with Crippen LogP contribution < -0.4 is 14.8 Å². The lowest BCUT2D eigenvalue weighted by Crippen LogP contribution is -2.33. The number of hydrogen-bond acceptors (Lipinski definition) is 4. The highest BCUT2D eigenvalue weighted by Gasteiger charge is 2.33. The fraction of sp³-hybridized carbons (Fsp3) is 0.571. The number of ether oxygens (including phenoxy) is 2. The Morgan fingerprint density at radius 3 is 3.00 bits per heavy atom. The fourth-order valence-corrected chi connectivity index (χ4v) is 4.64. The summed E-state index contributed by atoms with van der Waals surface area (Å²) in [6, 6.07) is 2.37. The first-order valence-corrected chi connectivity index (χ1v) is 8.52. The number of halogens is 1. The Morgan fingerprint density at radius 1 is 1.42 bits per heavy atom. The van der Waals surface area contributed by atoms with Crippen molar-refractivity contribution in [1.29, 1.82) is 0 Å². The maximum absolute atomic E-state index is 5.91. The zero-order valence-corrected chi connectivity index (χ0v) is 13.6. The summed E-state index contributed by atoms with van der Waals surface area (Å²) in [6.07, 6.45) is 0. The topological polar surface area (TPSA) is 30.5 Å². The SMILES string of the molecule is CCNC1c2c(c(Br)cc3c2OCCO3)CSC1C. The average Bonchev–Trinajstić information content (AvgIpc) is 2.42. The smallest absolute Gasteiger partial charge is 0.166 e. The van der Waals surface area contributed by atoms with Crippen molar-refractivity contribution in [2.24, 2.45) is 0 Å². The van der Waals surface area contributed by atoms with Crippen molar-refractivity contribution >= 4 is 27.7 Å². The van der Waals surface area contributed by atoms with Crippen molar-refractivity contribution in [2.45, 2.75) is 30.9 Å². The summed E-state index contributed by atoms with van der Waals surface area (Å²) in [5.41, 5.74) is 2.63. The van der Waals surface area contributed by atoms with E-state index >= 15 is 0 Å². The monoisotopic (exact) mass is 343 g/mol. The highest BCUT2D eigenvalue weighted by atomic mass is 79.9. The van der Waals surface area contributed by atoms with Crippen LogP contribution in [0.15, 0.2) is 10.5 Å². The number of nitrogens with one attached hydrogen (secondary N) is 1. The Hall–Kier alpha value is -0.390. The van der Waals surface area contributed by atoms with E-state index in [1.165, 1.54) is 11.1 Å². The summed E-state index contributed by atoms with van der Waals surface area (Å²) in [5, 5.41) is 4.13. The second-order valence-corrected chi connectivity index (χ2v) is 7.05. The van der Waals surface area contributed by atoms with E-state index in [0.29, 0.717) is 24.5 Å². The van der Waals surface area contributed by atoms with Gasteiger partial charge in [-0.25, -0.2) is 0 Å². The van der Waals surface area contributed by atoms with Crippen molar-refractivity contribution in [3.63, 3.8) is 0 Å². The molecule has 3 nitrogen and oxygen atoms in total. The second-order valence-electron chi connectivity index (χ2n) is 4.83. The molecule has 19 heavy (non-hydrogen) atoms. The molecule has 0 amide bonds. The van der Waals surface area contributed by atoms with Gasteiger partial charge in [-0.3, -0.25) is 0 Å². The van der Waals surface area contributed by atoms with Gasteiger partial charge < -0.3 is 14.8 Å². The third-order valence-corrected chi connectivity index (χ3v) is 5.58. The maximum atomic E-state index is 5.91. The third-order valence-electron chi connectivity index (χ3n) is 3.62. The molecule has 3 rings (SSSR count). The summed E-state index contributed by atoms with van der Waals surface area (Å²) >= 11 is 5.67. The first-order chi connectivity index (χ1) is 9.22. The molecule has 0 saturated carbocycles. The number of hydrogen-bond donors (Lipinski definition) is 1. The quantitative estimate of drug-likeness (QED) is 0.890. The van der Waals surface area contributed by atoms with Gasteiger partial charge >= 0.3 is 0 Å². The van der Waals surface area contributed by atoms with Crippen molar-refractivity contribution in [3.05, 3.63) is 21.7 Å². The Labute approximate surface area is 126 Å². The first-order valence-electron chi connectivity index (χ1n) is 6.68. The minimum absolute atomic E-state index is 0.326. The first kappa shape index (κ1) is 13.6. The molecule has 1 aromatic carbocycles. The number of benzene rings is 1. The lowest BCUT2D eigenvalue weighted by molar-refractivity contribution is 0.168. The number of fused-ring (bicyclic) bond motifs is 3. The zero-order valence-electron chi connectivity index (χ0n) is 11.2. The molecule has 1 aromatic rings. The lowest BCUT2D eigenvalue weighted by atomic mass is 9.96. The standard InChI is InChI=1S/C14H18BrNO2S/c1-3-16-13-8(2)19-7-9-10(15)6-11-14(12(9)13)18-5-4-17-11/h6,8,13,16H,3-5,7H2,1-2H3. The summed E-state index contributed by atoms with van der Waals surface area (Å²) < 4.78 is 12.8. The van der Waals surface area contributed by atoms with Crippen molar-refractivity contribution < 1.29 is 9.47 Å². The maximum Gasteiger partial charge on any atom is 0.166 e. The summed E-state index contributed by atoms with van der Waals surface area (Å²) in [4.78, 5) is 0. The minimum atomic E-state index is 0.326. The zero-order chi connectivity index (χ0) is 13.4. The van der Waals surface area contributed by atoms with Crippen molar-refractivity contribution in [1.82, 2.24) is 5.32 Å². The van der Waals surface area contributed by atoms with E-state index in [-0.39, 0.29) is 0 Å². The van der Waals surface area contributed by atoms with E-state index in [1.807, 2.05) is 17.8 Å². The van der Waals surface area contributed by atoms with E-state index in [2.05, 4.69) is 35.1 Å². The Balaban J connectivity index is 2.15. The molecule has 0 radical (unpaired) electrons. The molecular weight excluding hydrogens is 326 g/mol. The van der Waals surface area contributed by atoms with Gasteiger partial charge in [0.1, 0.15) is 13.2 Å². The van der Waals surface area contributed by atoms with Gasteiger partial charge in [-0.2, -0.15) is 11.8 Å². The molecule has 5 heteroatoms. The van der Waals surface area contributed by atoms with E-state index < -0.39 is 0 Å². The number of rotatable bonds is 2. The second kappa shape index (κ2) is 5.54. The molecule has 0 aliphatic carbocycles.